The Morgan fingerprint density at radius 2 is 1.75 bits per heavy atom. The summed E-state index contributed by atoms with van der Waals surface area (Å²) in [4.78, 5) is 6.90. The number of rotatable bonds is 3. The standard InChI is InChI=1S/C19H22N4S/c24-19(21-16-7-3-4-8-16)22-17-9-10-18(20-11-17)23-12-14-5-1-2-6-15(14)13-23/h1-2,5-6,9-11,16H,3-4,7-8,12-13H2,(H2,21,22,24). The Morgan fingerprint density at radius 1 is 1.04 bits per heavy atom. The summed E-state index contributed by atoms with van der Waals surface area (Å²) in [5, 5.41) is 7.33. The largest absolute Gasteiger partial charge is 0.360 e. The van der Waals surface area contributed by atoms with Crippen molar-refractivity contribution in [3.63, 3.8) is 0 Å². The Kier molecular flexibility index (Phi) is 4.34. The summed E-state index contributed by atoms with van der Waals surface area (Å²) in [7, 11) is 0. The van der Waals surface area contributed by atoms with E-state index in [0.717, 1.165) is 24.6 Å². The summed E-state index contributed by atoms with van der Waals surface area (Å²) in [6, 6.07) is 13.2. The third-order valence-electron chi connectivity index (χ3n) is 4.86. The molecule has 4 rings (SSSR count). The molecule has 1 fully saturated rings. The minimum atomic E-state index is 0.528. The summed E-state index contributed by atoms with van der Waals surface area (Å²) in [5.41, 5.74) is 3.72. The monoisotopic (exact) mass is 338 g/mol. The summed E-state index contributed by atoms with van der Waals surface area (Å²) in [6.45, 7) is 1.86. The van der Waals surface area contributed by atoms with Gasteiger partial charge in [0.1, 0.15) is 5.82 Å². The average Bonchev–Trinajstić information content (AvgIpc) is 3.24. The molecule has 2 aliphatic rings. The van der Waals surface area contributed by atoms with Crippen LogP contribution in [0.1, 0.15) is 36.8 Å². The highest BCUT2D eigenvalue weighted by atomic mass is 32.1. The molecule has 1 aromatic heterocycles. The lowest BCUT2D eigenvalue weighted by Gasteiger charge is -2.18. The highest BCUT2D eigenvalue weighted by molar-refractivity contribution is 7.80. The predicted octanol–water partition coefficient (Wildman–Crippen LogP) is 3.83. The highest BCUT2D eigenvalue weighted by Gasteiger charge is 2.19. The van der Waals surface area contributed by atoms with Gasteiger partial charge in [-0.3, -0.25) is 0 Å². The molecule has 0 amide bonds. The van der Waals surface area contributed by atoms with Gasteiger partial charge in [0.15, 0.2) is 5.11 Å². The maximum atomic E-state index is 5.40. The van der Waals surface area contributed by atoms with Crippen LogP contribution < -0.4 is 15.5 Å². The third-order valence-corrected chi connectivity index (χ3v) is 5.08. The van der Waals surface area contributed by atoms with Gasteiger partial charge in [0, 0.05) is 19.1 Å². The van der Waals surface area contributed by atoms with E-state index < -0.39 is 0 Å². The van der Waals surface area contributed by atoms with E-state index in [4.69, 9.17) is 12.2 Å². The van der Waals surface area contributed by atoms with Crippen molar-refractivity contribution < 1.29 is 0 Å². The molecule has 2 aromatic rings. The first-order chi connectivity index (χ1) is 11.8. The Morgan fingerprint density at radius 3 is 2.38 bits per heavy atom. The summed E-state index contributed by atoms with van der Waals surface area (Å²) in [5.74, 6) is 1.01. The fraction of sp³-hybridized carbons (Fsp3) is 0.368. The molecule has 0 unspecified atom stereocenters. The van der Waals surface area contributed by atoms with Crippen LogP contribution >= 0.6 is 12.2 Å². The molecule has 2 heterocycles. The van der Waals surface area contributed by atoms with Gasteiger partial charge in [-0.05, 0) is 48.3 Å². The van der Waals surface area contributed by atoms with Gasteiger partial charge in [-0.1, -0.05) is 37.1 Å². The molecule has 124 valence electrons. The number of nitrogens with zero attached hydrogens (tertiary/aromatic N) is 2. The molecule has 0 atom stereocenters. The van der Waals surface area contributed by atoms with Crippen LogP contribution in [0.5, 0.6) is 0 Å². The van der Waals surface area contributed by atoms with Gasteiger partial charge in [0.2, 0.25) is 0 Å². The molecule has 0 radical (unpaired) electrons. The molecule has 1 aliphatic heterocycles. The van der Waals surface area contributed by atoms with Gasteiger partial charge >= 0.3 is 0 Å². The van der Waals surface area contributed by atoms with Crippen molar-refractivity contribution >= 4 is 28.8 Å². The van der Waals surface area contributed by atoms with Gasteiger partial charge in [0.05, 0.1) is 11.9 Å². The van der Waals surface area contributed by atoms with E-state index in [0.29, 0.717) is 11.2 Å². The first kappa shape index (κ1) is 15.4. The number of thiocarbonyl (C=S) groups is 1. The average molecular weight is 338 g/mol. The Labute approximate surface area is 148 Å². The second kappa shape index (κ2) is 6.77. The molecular formula is C19H22N4S. The molecule has 5 heteroatoms. The zero-order chi connectivity index (χ0) is 16.4. The number of hydrogen-bond acceptors (Lipinski definition) is 3. The van der Waals surface area contributed by atoms with Crippen LogP contribution in [0.25, 0.3) is 0 Å². The summed E-state index contributed by atoms with van der Waals surface area (Å²) >= 11 is 5.40. The van der Waals surface area contributed by atoms with Gasteiger partial charge in [-0.15, -0.1) is 0 Å². The Balaban J connectivity index is 1.36. The molecule has 0 spiro atoms. The highest BCUT2D eigenvalue weighted by Crippen LogP contribution is 2.27. The maximum absolute atomic E-state index is 5.40. The second-order valence-corrected chi connectivity index (χ2v) is 7.02. The molecule has 4 nitrogen and oxygen atoms in total. The third kappa shape index (κ3) is 3.36. The van der Waals surface area contributed by atoms with Crippen LogP contribution in [-0.4, -0.2) is 16.1 Å². The molecule has 2 N–H and O–H groups in total. The van der Waals surface area contributed by atoms with E-state index in [2.05, 4.69) is 50.8 Å². The van der Waals surface area contributed by atoms with Crippen LogP contribution in [-0.2, 0) is 13.1 Å². The van der Waals surface area contributed by atoms with Crippen molar-refractivity contribution in [2.45, 2.75) is 44.8 Å². The number of aromatic nitrogens is 1. The van der Waals surface area contributed by atoms with Crippen molar-refractivity contribution in [1.29, 1.82) is 0 Å². The van der Waals surface area contributed by atoms with E-state index in [1.807, 2.05) is 12.3 Å². The number of benzene rings is 1. The van der Waals surface area contributed by atoms with Crippen molar-refractivity contribution in [1.82, 2.24) is 10.3 Å². The summed E-state index contributed by atoms with van der Waals surface area (Å²) < 4.78 is 0. The maximum Gasteiger partial charge on any atom is 0.171 e. The first-order valence-corrected chi connectivity index (χ1v) is 9.04. The van der Waals surface area contributed by atoms with Crippen molar-refractivity contribution in [2.24, 2.45) is 0 Å². The Hall–Kier alpha value is -2.14. The first-order valence-electron chi connectivity index (χ1n) is 8.63. The molecule has 0 saturated heterocycles. The quantitative estimate of drug-likeness (QED) is 0.833. The number of fused-ring (bicyclic) bond motifs is 1. The van der Waals surface area contributed by atoms with Crippen LogP contribution in [0.3, 0.4) is 0 Å². The SMILES string of the molecule is S=C(Nc1ccc(N2Cc3ccccc3C2)nc1)NC1CCCC1. The minimum Gasteiger partial charge on any atom is -0.360 e. The van der Waals surface area contributed by atoms with Gasteiger partial charge in [-0.2, -0.15) is 0 Å². The summed E-state index contributed by atoms with van der Waals surface area (Å²) in [6.07, 6.45) is 6.90. The van der Waals surface area contributed by atoms with Crippen LogP contribution in [0.4, 0.5) is 11.5 Å². The molecule has 1 saturated carbocycles. The fourth-order valence-corrected chi connectivity index (χ4v) is 3.85. The number of pyridine rings is 1. The van der Waals surface area contributed by atoms with E-state index in [9.17, 15) is 0 Å². The lowest BCUT2D eigenvalue weighted by Crippen LogP contribution is -2.35. The molecule has 24 heavy (non-hydrogen) atoms. The van der Waals surface area contributed by atoms with Crippen LogP contribution in [0, 0.1) is 0 Å². The van der Waals surface area contributed by atoms with Crippen LogP contribution in [0.2, 0.25) is 0 Å². The molecule has 0 bridgehead atoms. The lowest BCUT2D eigenvalue weighted by molar-refractivity contribution is 0.634. The topological polar surface area (TPSA) is 40.2 Å². The number of hydrogen-bond donors (Lipinski definition) is 2. The zero-order valence-corrected chi connectivity index (χ0v) is 14.5. The van der Waals surface area contributed by atoms with Gasteiger partial charge in [0.25, 0.3) is 0 Å². The number of nitrogens with one attached hydrogen (secondary N) is 2. The van der Waals surface area contributed by atoms with E-state index in [1.54, 1.807) is 0 Å². The smallest absolute Gasteiger partial charge is 0.171 e. The van der Waals surface area contributed by atoms with Crippen molar-refractivity contribution in [3.05, 3.63) is 53.7 Å². The molecular weight excluding hydrogens is 316 g/mol. The Bertz CT molecular complexity index is 697. The van der Waals surface area contributed by atoms with E-state index in [-0.39, 0.29) is 0 Å². The van der Waals surface area contributed by atoms with E-state index >= 15 is 0 Å². The normalized spacial score (nSPS) is 16.9. The second-order valence-electron chi connectivity index (χ2n) is 6.61. The van der Waals surface area contributed by atoms with Crippen molar-refractivity contribution in [3.8, 4) is 0 Å². The lowest BCUT2D eigenvalue weighted by atomic mass is 10.1. The minimum absolute atomic E-state index is 0.528. The van der Waals surface area contributed by atoms with E-state index in [1.165, 1.54) is 36.8 Å². The van der Waals surface area contributed by atoms with Gasteiger partial charge < -0.3 is 15.5 Å². The van der Waals surface area contributed by atoms with Crippen LogP contribution in [0.15, 0.2) is 42.6 Å². The van der Waals surface area contributed by atoms with Gasteiger partial charge in [-0.25, -0.2) is 4.98 Å². The number of anilines is 2. The molecule has 1 aliphatic carbocycles. The zero-order valence-electron chi connectivity index (χ0n) is 13.7. The predicted molar refractivity (Wildman–Crippen MR) is 102 cm³/mol. The van der Waals surface area contributed by atoms with Crippen molar-refractivity contribution in [2.75, 3.05) is 10.2 Å². The fourth-order valence-electron chi connectivity index (χ4n) is 3.56. The molecule has 1 aromatic carbocycles.